The Morgan fingerprint density at radius 3 is 2.35 bits per heavy atom. The number of rotatable bonds is 3. The standard InChI is InChI=1S/C20H20N4O2/c21-13-14-1-3-16(4-2-14)20(26)23-11-9-17(10-12-23)24-19(25)8-7-18(22-24)15-5-6-15/h1-4,7-8,15,17H,5-6,9-12H2. The van der Waals surface area contributed by atoms with Crippen LogP contribution >= 0.6 is 0 Å². The Labute approximate surface area is 151 Å². The SMILES string of the molecule is N#Cc1ccc(C(=O)N2CCC(n3nc(C4CC4)ccc3=O)CC2)cc1. The molecule has 4 rings (SSSR count). The Morgan fingerprint density at radius 1 is 1.04 bits per heavy atom. The van der Waals surface area contributed by atoms with E-state index in [0.29, 0.717) is 30.1 Å². The lowest BCUT2D eigenvalue weighted by Crippen LogP contribution is -2.41. The van der Waals surface area contributed by atoms with Crippen molar-refractivity contribution in [3.63, 3.8) is 0 Å². The monoisotopic (exact) mass is 348 g/mol. The van der Waals surface area contributed by atoms with Crippen LogP contribution in [0.4, 0.5) is 0 Å². The summed E-state index contributed by atoms with van der Waals surface area (Å²) in [6, 6.07) is 12.3. The first kappa shape index (κ1) is 16.5. The van der Waals surface area contributed by atoms with Crippen molar-refractivity contribution in [3.05, 3.63) is 63.6 Å². The number of carbonyl (C=O) groups excluding carboxylic acids is 1. The molecule has 0 atom stereocenters. The van der Waals surface area contributed by atoms with Crippen LogP contribution in [0, 0.1) is 11.3 Å². The summed E-state index contributed by atoms with van der Waals surface area (Å²) < 4.78 is 1.62. The smallest absolute Gasteiger partial charge is 0.267 e. The summed E-state index contributed by atoms with van der Waals surface area (Å²) in [6.07, 6.45) is 3.76. The molecule has 132 valence electrons. The zero-order valence-corrected chi connectivity index (χ0v) is 14.5. The van der Waals surface area contributed by atoms with Gasteiger partial charge in [0, 0.05) is 30.6 Å². The molecule has 1 aromatic heterocycles. The zero-order chi connectivity index (χ0) is 18.1. The lowest BCUT2D eigenvalue weighted by atomic mass is 10.0. The number of hydrogen-bond donors (Lipinski definition) is 0. The summed E-state index contributed by atoms with van der Waals surface area (Å²) >= 11 is 0. The van der Waals surface area contributed by atoms with Crippen molar-refractivity contribution in [3.8, 4) is 6.07 Å². The molecule has 2 fully saturated rings. The predicted molar refractivity (Wildman–Crippen MR) is 95.8 cm³/mol. The summed E-state index contributed by atoms with van der Waals surface area (Å²) in [7, 11) is 0. The molecule has 1 aliphatic heterocycles. The van der Waals surface area contributed by atoms with Crippen molar-refractivity contribution >= 4 is 5.91 Å². The molecule has 0 N–H and O–H groups in total. The van der Waals surface area contributed by atoms with E-state index in [1.807, 2.05) is 11.0 Å². The van der Waals surface area contributed by atoms with E-state index < -0.39 is 0 Å². The van der Waals surface area contributed by atoms with Crippen LogP contribution in [0.5, 0.6) is 0 Å². The number of nitrogens with zero attached hydrogens (tertiary/aromatic N) is 4. The first-order chi connectivity index (χ1) is 12.7. The van der Waals surface area contributed by atoms with Gasteiger partial charge in [-0.3, -0.25) is 9.59 Å². The van der Waals surface area contributed by atoms with Gasteiger partial charge in [0.1, 0.15) is 0 Å². The van der Waals surface area contributed by atoms with Gasteiger partial charge in [-0.2, -0.15) is 10.4 Å². The Hall–Kier alpha value is -2.94. The Morgan fingerprint density at radius 2 is 1.73 bits per heavy atom. The molecule has 6 nitrogen and oxygen atoms in total. The highest BCUT2D eigenvalue weighted by Crippen LogP contribution is 2.38. The third-order valence-corrected chi connectivity index (χ3v) is 5.20. The summed E-state index contributed by atoms with van der Waals surface area (Å²) in [5, 5.41) is 13.4. The molecule has 0 unspecified atom stereocenters. The fourth-order valence-electron chi connectivity index (χ4n) is 3.48. The molecule has 0 radical (unpaired) electrons. The second kappa shape index (κ2) is 6.75. The number of amides is 1. The van der Waals surface area contributed by atoms with Gasteiger partial charge in [-0.25, -0.2) is 4.68 Å². The van der Waals surface area contributed by atoms with E-state index in [9.17, 15) is 9.59 Å². The maximum absolute atomic E-state index is 12.6. The summed E-state index contributed by atoms with van der Waals surface area (Å²) in [6.45, 7) is 1.20. The van der Waals surface area contributed by atoms with Crippen LogP contribution in [0.1, 0.15) is 59.3 Å². The Bertz CT molecular complexity index is 914. The van der Waals surface area contributed by atoms with E-state index >= 15 is 0 Å². The number of carbonyl (C=O) groups is 1. The second-order valence-corrected chi connectivity index (χ2v) is 7.03. The summed E-state index contributed by atoms with van der Waals surface area (Å²) in [5.74, 6) is 0.486. The van der Waals surface area contributed by atoms with Gasteiger partial charge in [0.25, 0.3) is 11.5 Å². The van der Waals surface area contributed by atoms with Crippen molar-refractivity contribution in [2.24, 2.45) is 0 Å². The number of likely N-dealkylation sites (tertiary alicyclic amines) is 1. The normalized spacial score (nSPS) is 17.7. The Balaban J connectivity index is 1.44. The van der Waals surface area contributed by atoms with Crippen molar-refractivity contribution < 1.29 is 4.79 Å². The van der Waals surface area contributed by atoms with E-state index in [2.05, 4.69) is 11.2 Å². The maximum atomic E-state index is 12.6. The highest BCUT2D eigenvalue weighted by Gasteiger charge is 2.29. The van der Waals surface area contributed by atoms with Crippen molar-refractivity contribution in [1.82, 2.24) is 14.7 Å². The number of benzene rings is 1. The van der Waals surface area contributed by atoms with Gasteiger partial charge < -0.3 is 4.90 Å². The van der Waals surface area contributed by atoms with Crippen molar-refractivity contribution in [2.45, 2.75) is 37.6 Å². The van der Waals surface area contributed by atoms with Crippen LogP contribution < -0.4 is 5.56 Å². The minimum absolute atomic E-state index is 0.0278. The second-order valence-electron chi connectivity index (χ2n) is 7.03. The molecule has 1 saturated heterocycles. The highest BCUT2D eigenvalue weighted by molar-refractivity contribution is 5.94. The van der Waals surface area contributed by atoms with E-state index in [-0.39, 0.29) is 17.5 Å². The number of nitriles is 1. The first-order valence-electron chi connectivity index (χ1n) is 9.05. The van der Waals surface area contributed by atoms with Gasteiger partial charge in [-0.05, 0) is 56.0 Å². The minimum atomic E-state index is -0.0636. The summed E-state index contributed by atoms with van der Waals surface area (Å²) in [5.41, 5.74) is 2.08. The summed E-state index contributed by atoms with van der Waals surface area (Å²) in [4.78, 5) is 26.6. The molecule has 1 amide bonds. The predicted octanol–water partition coefficient (Wildman–Crippen LogP) is 2.47. The first-order valence-corrected chi connectivity index (χ1v) is 9.05. The van der Waals surface area contributed by atoms with Crippen LogP contribution in [-0.2, 0) is 0 Å². The van der Waals surface area contributed by atoms with E-state index in [1.165, 1.54) is 0 Å². The van der Waals surface area contributed by atoms with Crippen LogP contribution in [0.2, 0.25) is 0 Å². The quantitative estimate of drug-likeness (QED) is 0.853. The number of piperidine rings is 1. The molecule has 1 saturated carbocycles. The van der Waals surface area contributed by atoms with Crippen molar-refractivity contribution in [2.75, 3.05) is 13.1 Å². The van der Waals surface area contributed by atoms with Gasteiger partial charge in [-0.1, -0.05) is 0 Å². The Kier molecular flexibility index (Phi) is 4.29. The third kappa shape index (κ3) is 3.25. The van der Waals surface area contributed by atoms with E-state index in [0.717, 1.165) is 31.4 Å². The highest BCUT2D eigenvalue weighted by atomic mass is 16.2. The number of hydrogen-bond acceptors (Lipinski definition) is 4. The van der Waals surface area contributed by atoms with Gasteiger partial charge in [0.15, 0.2) is 0 Å². The molecular formula is C20H20N4O2. The van der Waals surface area contributed by atoms with Gasteiger partial charge >= 0.3 is 0 Å². The number of aromatic nitrogens is 2. The average Bonchev–Trinajstić information content (AvgIpc) is 3.53. The molecule has 1 aromatic carbocycles. The lowest BCUT2D eigenvalue weighted by Gasteiger charge is -2.32. The van der Waals surface area contributed by atoms with Crippen molar-refractivity contribution in [1.29, 1.82) is 5.26 Å². The van der Waals surface area contributed by atoms with E-state index in [1.54, 1.807) is 35.0 Å². The lowest BCUT2D eigenvalue weighted by molar-refractivity contribution is 0.0687. The molecular weight excluding hydrogens is 328 g/mol. The third-order valence-electron chi connectivity index (χ3n) is 5.20. The van der Waals surface area contributed by atoms with E-state index in [4.69, 9.17) is 5.26 Å². The fourth-order valence-corrected chi connectivity index (χ4v) is 3.48. The topological polar surface area (TPSA) is 79.0 Å². The van der Waals surface area contributed by atoms with Crippen LogP contribution in [0.15, 0.2) is 41.2 Å². The van der Waals surface area contributed by atoms with Crippen LogP contribution in [-0.4, -0.2) is 33.7 Å². The van der Waals surface area contributed by atoms with Gasteiger partial charge in [0.05, 0.1) is 23.4 Å². The molecule has 6 heteroatoms. The molecule has 2 heterocycles. The van der Waals surface area contributed by atoms with Crippen LogP contribution in [0.25, 0.3) is 0 Å². The molecule has 2 aliphatic rings. The van der Waals surface area contributed by atoms with Gasteiger partial charge in [-0.15, -0.1) is 0 Å². The minimum Gasteiger partial charge on any atom is -0.338 e. The molecule has 0 bridgehead atoms. The molecule has 0 spiro atoms. The zero-order valence-electron chi connectivity index (χ0n) is 14.5. The van der Waals surface area contributed by atoms with Gasteiger partial charge in [0.2, 0.25) is 0 Å². The molecule has 26 heavy (non-hydrogen) atoms. The largest absolute Gasteiger partial charge is 0.338 e. The fraction of sp³-hybridized carbons (Fsp3) is 0.400. The molecule has 1 aliphatic carbocycles. The average molecular weight is 348 g/mol. The maximum Gasteiger partial charge on any atom is 0.267 e. The van der Waals surface area contributed by atoms with Crippen LogP contribution in [0.3, 0.4) is 0 Å². The molecule has 2 aromatic rings.